The first-order valence-electron chi connectivity index (χ1n) is 9.13. The van der Waals surface area contributed by atoms with Gasteiger partial charge in [0.2, 0.25) is 0 Å². The largest absolute Gasteiger partial charge is 0.480 e. The Bertz CT molecular complexity index is 213. The predicted molar refractivity (Wildman–Crippen MR) is 103 cm³/mol. The minimum absolute atomic E-state index is 0.278. The van der Waals surface area contributed by atoms with E-state index in [2.05, 4.69) is 26.5 Å². The van der Waals surface area contributed by atoms with Crippen LogP contribution in [0.5, 0.6) is 0 Å². The van der Waals surface area contributed by atoms with Crippen LogP contribution in [-0.2, 0) is 4.79 Å². The number of carbonyl (C=O) groups is 1. The summed E-state index contributed by atoms with van der Waals surface area (Å²) in [4.78, 5) is 9.24. The van der Waals surface area contributed by atoms with Crippen molar-refractivity contribution < 1.29 is 9.90 Å². The van der Waals surface area contributed by atoms with E-state index in [-0.39, 0.29) is 6.54 Å². The van der Waals surface area contributed by atoms with Gasteiger partial charge in [-0.1, -0.05) is 0 Å². The number of hydrogen-bond donors (Lipinski definition) is 3. The average molecular weight is 337 g/mol. The third-order valence-corrected chi connectivity index (χ3v) is 9.92. The maximum absolute atomic E-state index is 9.24. The summed E-state index contributed by atoms with van der Waals surface area (Å²) in [7, 11) is -0.959. The SMILES string of the molecule is CCCC[PH](CCCC)(CCCC)CCCN.NCC(=O)O. The van der Waals surface area contributed by atoms with E-state index in [1.54, 1.807) is 18.5 Å². The van der Waals surface area contributed by atoms with Gasteiger partial charge >= 0.3 is 116 Å². The zero-order valence-electron chi connectivity index (χ0n) is 15.2. The van der Waals surface area contributed by atoms with Gasteiger partial charge in [0.15, 0.2) is 0 Å². The second kappa shape index (κ2) is 17.2. The van der Waals surface area contributed by atoms with Crippen LogP contribution in [0, 0.1) is 0 Å². The molecule has 4 nitrogen and oxygen atoms in total. The molecular formula is C17H41N2O2P. The van der Waals surface area contributed by atoms with Gasteiger partial charge in [0, 0.05) is 0 Å². The maximum atomic E-state index is 9.24. The Morgan fingerprint density at radius 3 is 1.36 bits per heavy atom. The molecule has 0 saturated heterocycles. The summed E-state index contributed by atoms with van der Waals surface area (Å²) in [5, 5.41) is 7.60. The molecule has 0 heterocycles. The standard InChI is InChI=1S/C15H36NP.C2H5NO2/c1-4-7-12-17(13-8-5-2,14-9-6-3)15-10-11-16;3-1-2(4)5/h17H,4-16H2,1-3H3;1,3H2,(H,4,5). The molecule has 136 valence electrons. The van der Waals surface area contributed by atoms with E-state index in [9.17, 15) is 4.79 Å². The Labute approximate surface area is 138 Å². The van der Waals surface area contributed by atoms with Crippen LogP contribution in [0.3, 0.4) is 0 Å². The smallest absolute Gasteiger partial charge is 0.317 e. The molecule has 0 spiro atoms. The molecule has 0 aromatic heterocycles. The fourth-order valence-corrected chi connectivity index (χ4v) is 8.65. The number of rotatable bonds is 13. The van der Waals surface area contributed by atoms with Crippen molar-refractivity contribution in [1.29, 1.82) is 0 Å². The van der Waals surface area contributed by atoms with E-state index in [1.165, 1.54) is 51.1 Å². The van der Waals surface area contributed by atoms with Crippen molar-refractivity contribution in [2.24, 2.45) is 11.5 Å². The third kappa shape index (κ3) is 14.7. The van der Waals surface area contributed by atoms with Gasteiger partial charge in [-0.2, -0.15) is 0 Å². The summed E-state index contributed by atoms with van der Waals surface area (Å²) in [6.45, 7) is 7.63. The number of nitrogens with two attached hydrogens (primary N) is 2. The summed E-state index contributed by atoms with van der Waals surface area (Å²) < 4.78 is 0. The Balaban J connectivity index is 0. The van der Waals surface area contributed by atoms with Crippen molar-refractivity contribution in [2.75, 3.05) is 37.7 Å². The van der Waals surface area contributed by atoms with Crippen molar-refractivity contribution in [3.63, 3.8) is 0 Å². The Kier molecular flexibility index (Phi) is 18.8. The van der Waals surface area contributed by atoms with E-state index in [0.717, 1.165) is 6.54 Å². The molecule has 5 N–H and O–H groups in total. The van der Waals surface area contributed by atoms with Crippen LogP contribution in [0.1, 0.15) is 65.7 Å². The molecule has 0 fully saturated rings. The van der Waals surface area contributed by atoms with Crippen molar-refractivity contribution in [1.82, 2.24) is 0 Å². The van der Waals surface area contributed by atoms with Crippen LogP contribution in [0.2, 0.25) is 0 Å². The van der Waals surface area contributed by atoms with Crippen LogP contribution in [0.25, 0.3) is 0 Å². The first-order chi connectivity index (χ1) is 10.5. The predicted octanol–water partition coefficient (Wildman–Crippen LogP) is 3.52. The fourth-order valence-electron chi connectivity index (χ4n) is 2.88. The van der Waals surface area contributed by atoms with Gasteiger partial charge < -0.3 is 10.8 Å². The van der Waals surface area contributed by atoms with Crippen molar-refractivity contribution in [3.8, 4) is 0 Å². The van der Waals surface area contributed by atoms with Crippen LogP contribution < -0.4 is 11.5 Å². The minimum Gasteiger partial charge on any atom is -0.480 e. The number of carboxylic acid groups (broad SMARTS) is 1. The fraction of sp³-hybridized carbons (Fsp3) is 0.941. The molecule has 0 unspecified atom stereocenters. The molecule has 0 aromatic carbocycles. The molecule has 0 aliphatic rings. The van der Waals surface area contributed by atoms with Crippen LogP contribution >= 0.6 is 7.26 Å². The zero-order chi connectivity index (χ0) is 17.3. The Hall–Kier alpha value is -0.180. The molecule has 0 amide bonds. The summed E-state index contributed by atoms with van der Waals surface area (Å²) in [6, 6.07) is 0. The van der Waals surface area contributed by atoms with E-state index in [0.29, 0.717) is 0 Å². The summed E-state index contributed by atoms with van der Waals surface area (Å²) in [5.41, 5.74) is 10.3. The van der Waals surface area contributed by atoms with Gasteiger partial charge in [-0.25, -0.2) is 0 Å². The molecule has 0 rings (SSSR count). The second-order valence-electron chi connectivity index (χ2n) is 6.30. The van der Waals surface area contributed by atoms with Gasteiger partial charge in [-0.15, -0.1) is 0 Å². The topological polar surface area (TPSA) is 89.3 Å². The molecule has 22 heavy (non-hydrogen) atoms. The second-order valence-corrected chi connectivity index (χ2v) is 11.3. The summed E-state index contributed by atoms with van der Waals surface area (Å²) in [6.07, 6.45) is 16.0. The average Bonchev–Trinajstić information content (AvgIpc) is 2.54. The molecule has 5 heteroatoms. The molecule has 0 atom stereocenters. The summed E-state index contributed by atoms with van der Waals surface area (Å²) in [5.74, 6) is -0.968. The first-order valence-corrected chi connectivity index (χ1v) is 12.0. The monoisotopic (exact) mass is 336 g/mol. The number of aliphatic carboxylic acids is 1. The minimum atomic E-state index is -0.968. The van der Waals surface area contributed by atoms with Gasteiger partial charge in [0.05, 0.1) is 6.54 Å². The quantitative estimate of drug-likeness (QED) is 0.449. The maximum Gasteiger partial charge on any atom is 0.317 e. The molecule has 0 bridgehead atoms. The third-order valence-electron chi connectivity index (χ3n) is 4.27. The van der Waals surface area contributed by atoms with Crippen LogP contribution in [0.15, 0.2) is 0 Å². The van der Waals surface area contributed by atoms with Crippen LogP contribution in [-0.4, -0.2) is 48.8 Å². The molecule has 0 aliphatic heterocycles. The van der Waals surface area contributed by atoms with Crippen molar-refractivity contribution >= 4 is 13.2 Å². The Morgan fingerprint density at radius 2 is 1.14 bits per heavy atom. The van der Waals surface area contributed by atoms with E-state index >= 15 is 0 Å². The molecule has 0 aromatic rings. The van der Waals surface area contributed by atoms with Crippen LogP contribution in [0.4, 0.5) is 0 Å². The normalized spacial score (nSPS) is 11.7. The van der Waals surface area contributed by atoms with Gasteiger partial charge in [0.1, 0.15) is 0 Å². The number of hydrogen-bond acceptors (Lipinski definition) is 3. The van der Waals surface area contributed by atoms with Gasteiger partial charge in [0.25, 0.3) is 0 Å². The Morgan fingerprint density at radius 1 is 0.818 bits per heavy atom. The van der Waals surface area contributed by atoms with Gasteiger partial charge in [-0.05, 0) is 0 Å². The number of unbranched alkanes of at least 4 members (excludes halogenated alkanes) is 3. The van der Waals surface area contributed by atoms with E-state index in [4.69, 9.17) is 10.8 Å². The molecule has 0 saturated carbocycles. The number of carboxylic acids is 1. The zero-order valence-corrected chi connectivity index (χ0v) is 16.2. The first kappa shape index (κ1) is 24.1. The van der Waals surface area contributed by atoms with Crippen molar-refractivity contribution in [3.05, 3.63) is 0 Å². The van der Waals surface area contributed by atoms with Crippen molar-refractivity contribution in [2.45, 2.75) is 65.7 Å². The van der Waals surface area contributed by atoms with E-state index < -0.39 is 13.2 Å². The summed E-state index contributed by atoms with van der Waals surface area (Å²) >= 11 is 0. The molecular weight excluding hydrogens is 295 g/mol. The molecule has 0 aliphatic carbocycles. The van der Waals surface area contributed by atoms with E-state index in [1.807, 2.05) is 0 Å². The van der Waals surface area contributed by atoms with Gasteiger partial charge in [-0.3, -0.25) is 4.79 Å². The molecule has 0 radical (unpaired) electrons.